The molecule has 0 fully saturated rings. The Hall–Kier alpha value is -0.0200. The molecule has 0 spiro atoms. The molecule has 0 radical (unpaired) electrons. The van der Waals surface area contributed by atoms with E-state index in [1.807, 2.05) is 6.92 Å². The van der Waals surface area contributed by atoms with Gasteiger partial charge in [0.05, 0.1) is 6.61 Å². The topological polar surface area (TPSA) is 61.5 Å². The molecule has 0 aromatic heterocycles. The summed E-state index contributed by atoms with van der Waals surface area (Å²) < 4.78 is 21.0. The average Bonchev–Trinajstić information content (AvgIpc) is 2.09. The van der Waals surface area contributed by atoms with Crippen molar-refractivity contribution in [3.63, 3.8) is 0 Å². The minimum atomic E-state index is -1.51. The molecule has 4 nitrogen and oxygen atoms in total. The first-order chi connectivity index (χ1) is 5.81. The highest BCUT2D eigenvalue weighted by Crippen LogP contribution is 2.21. The first kappa shape index (κ1) is 12.0. The molecule has 2 N–H and O–H groups in total. The van der Waals surface area contributed by atoms with E-state index in [9.17, 15) is 4.57 Å². The van der Waals surface area contributed by atoms with Crippen molar-refractivity contribution >= 4 is 8.03 Å². The lowest BCUT2D eigenvalue weighted by atomic mass is 10.5. The average molecular weight is 194 g/mol. The van der Waals surface area contributed by atoms with Crippen LogP contribution >= 0.6 is 8.03 Å². The third kappa shape index (κ3) is 8.08. The van der Waals surface area contributed by atoms with Crippen molar-refractivity contribution in [2.75, 3.05) is 32.5 Å². The zero-order valence-electron chi connectivity index (χ0n) is 7.49. The third-order valence-corrected chi connectivity index (χ3v) is 2.36. The Morgan fingerprint density at radius 3 is 2.75 bits per heavy atom. The Kier molecular flexibility index (Phi) is 9.06. The van der Waals surface area contributed by atoms with E-state index in [0.717, 1.165) is 6.42 Å². The van der Waals surface area contributed by atoms with Gasteiger partial charge in [0.25, 0.3) is 0 Å². The lowest BCUT2D eigenvalue weighted by Gasteiger charge is -1.94. The third-order valence-electron chi connectivity index (χ3n) is 1.21. The maximum Gasteiger partial charge on any atom is 0.508 e. The summed E-state index contributed by atoms with van der Waals surface area (Å²) in [5.74, 6) is 0. The summed E-state index contributed by atoms with van der Waals surface area (Å²) in [5.41, 5.74) is 5.24. The Labute approximate surface area is 74.3 Å². The van der Waals surface area contributed by atoms with Gasteiger partial charge in [0, 0.05) is 13.0 Å². The fourth-order valence-corrected chi connectivity index (χ4v) is 1.48. The molecule has 0 aliphatic carbocycles. The molecule has 0 rings (SSSR count). The van der Waals surface area contributed by atoms with Crippen LogP contribution in [-0.4, -0.2) is 32.5 Å². The summed E-state index contributed by atoms with van der Waals surface area (Å²) in [6.07, 6.45) is 1.31. The Morgan fingerprint density at radius 2 is 2.17 bits per heavy atom. The molecule has 0 aromatic carbocycles. The lowest BCUT2D eigenvalue weighted by molar-refractivity contribution is 0.113. The second-order valence-electron chi connectivity index (χ2n) is 2.23. The fourth-order valence-electron chi connectivity index (χ4n) is 0.627. The highest BCUT2D eigenvalue weighted by molar-refractivity contribution is 7.39. The molecular formula is C7H17NO3P+. The largest absolute Gasteiger partial charge is 0.508 e. The van der Waals surface area contributed by atoms with Crippen LogP contribution in [0, 0.1) is 0 Å². The van der Waals surface area contributed by atoms with Crippen LogP contribution in [0.3, 0.4) is 0 Å². The predicted molar refractivity (Wildman–Crippen MR) is 48.6 cm³/mol. The van der Waals surface area contributed by atoms with Crippen molar-refractivity contribution in [2.24, 2.45) is 5.73 Å². The predicted octanol–water partition coefficient (Wildman–Crippen LogP) is 1.13. The van der Waals surface area contributed by atoms with Gasteiger partial charge in [0.2, 0.25) is 0 Å². The standard InChI is InChI=1S/C7H17NO3P/c1-2-10-5-6-11-12(9)7-3-4-8/h2-8H2,1H3/q+1. The Balaban J connectivity index is 3.08. The molecule has 0 aliphatic heterocycles. The summed E-state index contributed by atoms with van der Waals surface area (Å²) in [5, 5.41) is 0. The maximum atomic E-state index is 11.0. The van der Waals surface area contributed by atoms with E-state index in [0.29, 0.717) is 32.5 Å². The number of hydrogen-bond donors (Lipinski definition) is 1. The normalized spacial score (nSPS) is 11.7. The molecule has 0 heterocycles. The zero-order valence-corrected chi connectivity index (χ0v) is 8.39. The molecule has 0 aliphatic rings. The molecule has 1 unspecified atom stereocenters. The first-order valence-electron chi connectivity index (χ1n) is 4.16. The van der Waals surface area contributed by atoms with Crippen LogP contribution in [0.2, 0.25) is 0 Å². The van der Waals surface area contributed by atoms with Crippen molar-refractivity contribution in [1.29, 1.82) is 0 Å². The van der Waals surface area contributed by atoms with Crippen LogP contribution in [0.15, 0.2) is 0 Å². The van der Waals surface area contributed by atoms with E-state index in [1.54, 1.807) is 0 Å². The molecule has 0 amide bonds. The number of rotatable bonds is 8. The van der Waals surface area contributed by atoms with Crippen molar-refractivity contribution in [1.82, 2.24) is 0 Å². The van der Waals surface area contributed by atoms with Gasteiger partial charge in [0.15, 0.2) is 6.16 Å². The van der Waals surface area contributed by atoms with Gasteiger partial charge in [-0.25, -0.2) is 0 Å². The summed E-state index contributed by atoms with van der Waals surface area (Å²) in [6, 6.07) is 0. The number of ether oxygens (including phenoxy) is 1. The van der Waals surface area contributed by atoms with Gasteiger partial charge in [-0.15, -0.1) is 4.52 Å². The zero-order chi connectivity index (χ0) is 9.23. The van der Waals surface area contributed by atoms with Crippen LogP contribution in [0.4, 0.5) is 0 Å². The molecule has 1 atom stereocenters. The van der Waals surface area contributed by atoms with Crippen molar-refractivity contribution in [3.05, 3.63) is 0 Å². The van der Waals surface area contributed by atoms with Crippen molar-refractivity contribution < 1.29 is 13.8 Å². The molecule has 0 saturated carbocycles. The molecule has 0 aromatic rings. The molecule has 0 saturated heterocycles. The second-order valence-corrected chi connectivity index (χ2v) is 3.60. The molecule has 12 heavy (non-hydrogen) atoms. The number of nitrogens with two attached hydrogens (primary N) is 1. The minimum absolute atomic E-state index is 0.410. The van der Waals surface area contributed by atoms with Crippen LogP contribution in [-0.2, 0) is 13.8 Å². The van der Waals surface area contributed by atoms with E-state index in [2.05, 4.69) is 0 Å². The minimum Gasteiger partial charge on any atom is -0.379 e. The summed E-state index contributed by atoms with van der Waals surface area (Å²) in [6.45, 7) is 4.07. The summed E-state index contributed by atoms with van der Waals surface area (Å²) in [4.78, 5) is 0. The van der Waals surface area contributed by atoms with Gasteiger partial charge in [-0.2, -0.15) is 0 Å². The van der Waals surface area contributed by atoms with Crippen LogP contribution in [0.5, 0.6) is 0 Å². The van der Waals surface area contributed by atoms with Crippen molar-refractivity contribution in [2.45, 2.75) is 13.3 Å². The van der Waals surface area contributed by atoms with E-state index in [1.165, 1.54) is 0 Å². The smallest absolute Gasteiger partial charge is 0.379 e. The van der Waals surface area contributed by atoms with Gasteiger partial charge in [-0.05, 0) is 18.0 Å². The highest BCUT2D eigenvalue weighted by Gasteiger charge is 2.14. The highest BCUT2D eigenvalue weighted by atomic mass is 31.1. The van der Waals surface area contributed by atoms with E-state index in [4.69, 9.17) is 15.0 Å². The Bertz CT molecular complexity index is 121. The maximum absolute atomic E-state index is 11.0. The molecule has 0 bridgehead atoms. The van der Waals surface area contributed by atoms with E-state index < -0.39 is 8.03 Å². The van der Waals surface area contributed by atoms with Gasteiger partial charge in [0.1, 0.15) is 6.61 Å². The quantitative estimate of drug-likeness (QED) is 0.464. The van der Waals surface area contributed by atoms with Crippen molar-refractivity contribution in [3.8, 4) is 0 Å². The number of hydrogen-bond acceptors (Lipinski definition) is 4. The monoisotopic (exact) mass is 194 g/mol. The fraction of sp³-hybridized carbons (Fsp3) is 1.00. The van der Waals surface area contributed by atoms with Gasteiger partial charge in [-0.1, -0.05) is 0 Å². The first-order valence-corrected chi connectivity index (χ1v) is 5.53. The summed E-state index contributed by atoms with van der Waals surface area (Å²) in [7, 11) is -1.51. The van der Waals surface area contributed by atoms with Gasteiger partial charge < -0.3 is 10.5 Å². The van der Waals surface area contributed by atoms with Gasteiger partial charge in [-0.3, -0.25) is 0 Å². The molecule has 72 valence electrons. The lowest BCUT2D eigenvalue weighted by Crippen LogP contribution is -2.02. The second kappa shape index (κ2) is 9.07. The van der Waals surface area contributed by atoms with Crippen LogP contribution in [0.25, 0.3) is 0 Å². The SMILES string of the molecule is CCOCCO[P+](=O)CCCN. The summed E-state index contributed by atoms with van der Waals surface area (Å²) >= 11 is 0. The van der Waals surface area contributed by atoms with Gasteiger partial charge >= 0.3 is 8.03 Å². The Morgan fingerprint density at radius 1 is 1.42 bits per heavy atom. The van der Waals surface area contributed by atoms with E-state index in [-0.39, 0.29) is 0 Å². The molecular weight excluding hydrogens is 177 g/mol. The molecule has 5 heteroatoms. The van der Waals surface area contributed by atoms with Crippen LogP contribution < -0.4 is 5.73 Å². The van der Waals surface area contributed by atoms with Crippen LogP contribution in [0.1, 0.15) is 13.3 Å². The van der Waals surface area contributed by atoms with E-state index >= 15 is 0 Å².